The maximum absolute atomic E-state index is 12.9. The molecule has 0 amide bonds. The molecule has 0 spiro atoms. The summed E-state index contributed by atoms with van der Waals surface area (Å²) in [5, 5.41) is 1.92. The molecule has 1 aliphatic rings. The summed E-state index contributed by atoms with van der Waals surface area (Å²) in [6.07, 6.45) is 5.96. The Morgan fingerprint density at radius 1 is 1.32 bits per heavy atom. The zero-order valence-corrected chi connectivity index (χ0v) is 16.3. The number of rotatable bonds is 8. The van der Waals surface area contributed by atoms with Crippen molar-refractivity contribution in [2.45, 2.75) is 25.7 Å². The lowest BCUT2D eigenvalue weighted by Gasteiger charge is -2.24. The van der Waals surface area contributed by atoms with Gasteiger partial charge >= 0.3 is 15.2 Å². The summed E-state index contributed by atoms with van der Waals surface area (Å²) in [6.45, 7) is 3.00. The van der Waals surface area contributed by atoms with Gasteiger partial charge in [-0.3, -0.25) is 9.13 Å². The van der Waals surface area contributed by atoms with Gasteiger partial charge in [-0.25, -0.2) is 0 Å². The van der Waals surface area contributed by atoms with E-state index in [9.17, 15) is 18.9 Å². The molecule has 1 heterocycles. The molecule has 1 aromatic heterocycles. The fraction of sp³-hybridized carbons (Fsp3) is 0.429. The van der Waals surface area contributed by atoms with Gasteiger partial charge in [0.05, 0.1) is 13.2 Å². The Hall–Kier alpha value is -0.920. The highest BCUT2D eigenvalue weighted by Gasteiger charge is 2.51. The van der Waals surface area contributed by atoms with Gasteiger partial charge in [0.25, 0.3) is 0 Å². The van der Waals surface area contributed by atoms with Gasteiger partial charge in [-0.2, -0.15) is 0 Å². The SMILES string of the molecule is CCOP(=O)(OCC)C(c1cc(C2=CC=CCC2=S)no1)P(=O)(O)O. The zero-order valence-electron chi connectivity index (χ0n) is 13.7. The van der Waals surface area contributed by atoms with Crippen LogP contribution in [0.2, 0.25) is 0 Å². The number of allylic oxidation sites excluding steroid dienone is 4. The average molecular weight is 407 g/mol. The van der Waals surface area contributed by atoms with E-state index in [2.05, 4.69) is 5.16 Å². The maximum Gasteiger partial charge on any atom is 0.353 e. The van der Waals surface area contributed by atoms with Crippen LogP contribution in [-0.4, -0.2) is 33.0 Å². The van der Waals surface area contributed by atoms with Crippen molar-refractivity contribution in [2.24, 2.45) is 0 Å². The van der Waals surface area contributed by atoms with Gasteiger partial charge < -0.3 is 23.4 Å². The van der Waals surface area contributed by atoms with Crippen molar-refractivity contribution in [1.29, 1.82) is 0 Å². The Kier molecular flexibility index (Phi) is 6.68. The van der Waals surface area contributed by atoms with Gasteiger partial charge in [-0.15, -0.1) is 0 Å². The molecule has 0 aliphatic heterocycles. The molecule has 2 rings (SSSR count). The van der Waals surface area contributed by atoms with Gasteiger partial charge in [0.15, 0.2) is 5.76 Å². The van der Waals surface area contributed by atoms with E-state index in [4.69, 9.17) is 25.8 Å². The average Bonchev–Trinajstić information content (AvgIpc) is 2.95. The normalized spacial score (nSPS) is 16.8. The van der Waals surface area contributed by atoms with E-state index < -0.39 is 20.6 Å². The Morgan fingerprint density at radius 3 is 2.48 bits per heavy atom. The molecule has 1 atom stereocenters. The molecule has 1 unspecified atom stereocenters. The summed E-state index contributed by atoms with van der Waals surface area (Å²) in [5.41, 5.74) is 0.918. The number of thiocarbonyl (C=S) groups is 1. The van der Waals surface area contributed by atoms with Gasteiger partial charge in [-0.05, 0) is 13.8 Å². The molecule has 0 aromatic carbocycles. The van der Waals surface area contributed by atoms with Crippen molar-refractivity contribution >= 4 is 37.8 Å². The number of nitrogens with zero attached hydrogens (tertiary/aromatic N) is 1. The van der Waals surface area contributed by atoms with Crippen LogP contribution in [0.5, 0.6) is 0 Å². The molecule has 0 saturated heterocycles. The Balaban J connectivity index is 2.49. The fourth-order valence-electron chi connectivity index (χ4n) is 2.35. The van der Waals surface area contributed by atoms with Crippen LogP contribution in [0.1, 0.15) is 37.1 Å². The van der Waals surface area contributed by atoms with Gasteiger partial charge in [0, 0.05) is 22.9 Å². The highest BCUT2D eigenvalue weighted by atomic mass is 32.1. The topological polar surface area (TPSA) is 119 Å². The molecule has 0 fully saturated rings. The summed E-state index contributed by atoms with van der Waals surface area (Å²) in [5.74, 6) is -0.271. The number of aromatic nitrogens is 1. The summed E-state index contributed by atoms with van der Waals surface area (Å²) in [7, 11) is -9.11. The molecule has 0 saturated carbocycles. The van der Waals surface area contributed by atoms with Crippen LogP contribution in [0.25, 0.3) is 5.57 Å². The largest absolute Gasteiger partial charge is 0.359 e. The molecular formula is C14H19NO7P2S. The smallest absolute Gasteiger partial charge is 0.353 e. The second-order valence-electron chi connectivity index (χ2n) is 5.09. The minimum atomic E-state index is -4.93. The monoisotopic (exact) mass is 407 g/mol. The molecule has 1 aliphatic carbocycles. The van der Waals surface area contributed by atoms with Gasteiger partial charge in [-0.1, -0.05) is 35.6 Å². The Labute approximate surface area is 150 Å². The molecule has 1 aromatic rings. The lowest BCUT2D eigenvalue weighted by atomic mass is 10.0. The maximum atomic E-state index is 12.9. The lowest BCUT2D eigenvalue weighted by molar-refractivity contribution is 0.210. The van der Waals surface area contributed by atoms with Crippen LogP contribution < -0.4 is 0 Å². The van der Waals surface area contributed by atoms with Crippen LogP contribution in [0.4, 0.5) is 0 Å². The molecule has 0 bridgehead atoms. The first kappa shape index (κ1) is 20.4. The Bertz CT molecular complexity index is 785. The second kappa shape index (κ2) is 8.18. The van der Waals surface area contributed by atoms with Crippen LogP contribution in [0, 0.1) is 0 Å². The molecule has 11 heteroatoms. The fourth-order valence-corrected chi connectivity index (χ4v) is 6.46. The zero-order chi connectivity index (χ0) is 18.7. The summed E-state index contributed by atoms with van der Waals surface area (Å²) >= 11 is 5.26. The lowest BCUT2D eigenvalue weighted by Crippen LogP contribution is -2.07. The van der Waals surface area contributed by atoms with Crippen molar-refractivity contribution in [3.63, 3.8) is 0 Å². The third-order valence-electron chi connectivity index (χ3n) is 3.30. The summed E-state index contributed by atoms with van der Waals surface area (Å²) in [4.78, 5) is 20.1. The van der Waals surface area contributed by atoms with Crippen LogP contribution in [0.15, 0.2) is 28.8 Å². The first-order valence-corrected chi connectivity index (χ1v) is 11.2. The second-order valence-corrected chi connectivity index (χ2v) is 9.80. The van der Waals surface area contributed by atoms with E-state index >= 15 is 0 Å². The minimum absolute atomic E-state index is 0.0468. The molecule has 0 radical (unpaired) electrons. The minimum Gasteiger partial charge on any atom is -0.359 e. The van der Waals surface area contributed by atoms with Crippen molar-refractivity contribution in [2.75, 3.05) is 13.2 Å². The molecule has 138 valence electrons. The van der Waals surface area contributed by atoms with Crippen LogP contribution in [-0.2, 0) is 18.2 Å². The van der Waals surface area contributed by atoms with Gasteiger partial charge in [0.1, 0.15) is 5.69 Å². The van der Waals surface area contributed by atoms with E-state index in [1.165, 1.54) is 6.07 Å². The standard InChI is InChI=1S/C14H19NO7P2S/c1-3-20-24(19,21-4-2)14(23(16,17)18)12-9-11(15-22-12)10-7-5-6-8-13(10)25/h5-7,9,14H,3-4,8H2,1-2H3,(H2,16,17,18). The van der Waals surface area contributed by atoms with Crippen LogP contribution >= 0.6 is 27.4 Å². The quantitative estimate of drug-likeness (QED) is 0.489. The third-order valence-corrected chi connectivity index (χ3v) is 8.42. The van der Waals surface area contributed by atoms with Crippen molar-refractivity contribution in [3.8, 4) is 0 Å². The van der Waals surface area contributed by atoms with E-state index in [1.807, 2.05) is 6.08 Å². The van der Waals surface area contributed by atoms with Crippen molar-refractivity contribution in [1.82, 2.24) is 5.16 Å². The number of hydrogen-bond acceptors (Lipinski definition) is 7. The molecule has 25 heavy (non-hydrogen) atoms. The first-order chi connectivity index (χ1) is 11.7. The third kappa shape index (κ3) is 4.63. The predicted octanol–water partition coefficient (Wildman–Crippen LogP) is 3.83. The van der Waals surface area contributed by atoms with E-state index in [0.717, 1.165) is 0 Å². The predicted molar refractivity (Wildman–Crippen MR) is 96.5 cm³/mol. The van der Waals surface area contributed by atoms with E-state index in [0.29, 0.717) is 22.6 Å². The Morgan fingerprint density at radius 2 is 1.96 bits per heavy atom. The first-order valence-electron chi connectivity index (χ1n) is 7.54. The summed E-state index contributed by atoms with van der Waals surface area (Å²) in [6, 6.07) is 1.31. The molecular weight excluding hydrogens is 388 g/mol. The molecule has 2 N–H and O–H groups in total. The number of hydrogen-bond donors (Lipinski definition) is 2. The van der Waals surface area contributed by atoms with E-state index in [1.54, 1.807) is 26.0 Å². The highest BCUT2D eigenvalue weighted by Crippen LogP contribution is 2.74. The van der Waals surface area contributed by atoms with Crippen LogP contribution in [0.3, 0.4) is 0 Å². The van der Waals surface area contributed by atoms with E-state index in [-0.39, 0.29) is 19.0 Å². The highest BCUT2D eigenvalue weighted by molar-refractivity contribution is 7.81. The van der Waals surface area contributed by atoms with Crippen molar-refractivity contribution in [3.05, 3.63) is 35.7 Å². The summed E-state index contributed by atoms with van der Waals surface area (Å²) < 4.78 is 40.2. The van der Waals surface area contributed by atoms with Gasteiger partial charge in [0.2, 0.25) is 5.40 Å². The van der Waals surface area contributed by atoms with Crippen molar-refractivity contribution < 1.29 is 32.5 Å². The molecule has 8 nitrogen and oxygen atoms in total.